The highest BCUT2D eigenvalue weighted by atomic mass is 35.5. The van der Waals surface area contributed by atoms with Gasteiger partial charge in [0.05, 0.1) is 18.9 Å². The zero-order valence-corrected chi connectivity index (χ0v) is 8.38. The topological polar surface area (TPSA) is 59.0 Å². The van der Waals surface area contributed by atoms with Crippen LogP contribution >= 0.6 is 11.6 Å². The number of nitrogens with zero attached hydrogens (tertiary/aromatic N) is 1. The average molecular weight is 209 g/mol. The minimum absolute atomic E-state index is 0.340. The molecule has 0 bridgehead atoms. The van der Waals surface area contributed by atoms with E-state index in [0.29, 0.717) is 22.0 Å². The molecule has 0 atom stereocenters. The van der Waals surface area contributed by atoms with Crippen molar-refractivity contribution < 1.29 is 4.74 Å². The van der Waals surface area contributed by atoms with Crippen molar-refractivity contribution in [3.8, 4) is 11.8 Å². The summed E-state index contributed by atoms with van der Waals surface area (Å²) in [4.78, 5) is 0. The highest BCUT2D eigenvalue weighted by molar-refractivity contribution is 6.30. The van der Waals surface area contributed by atoms with Crippen LogP contribution in [0.4, 0.5) is 0 Å². The summed E-state index contributed by atoms with van der Waals surface area (Å²) in [6.45, 7) is 0. The van der Waals surface area contributed by atoms with E-state index < -0.39 is 0 Å². The quantitative estimate of drug-likeness (QED) is 0.758. The van der Waals surface area contributed by atoms with Crippen molar-refractivity contribution in [2.75, 3.05) is 7.11 Å². The molecule has 0 heterocycles. The molecule has 1 aromatic rings. The molecule has 0 aliphatic heterocycles. The van der Waals surface area contributed by atoms with Gasteiger partial charge in [-0.05, 0) is 18.2 Å². The van der Waals surface area contributed by atoms with Crippen LogP contribution in [0.2, 0.25) is 5.02 Å². The van der Waals surface area contributed by atoms with Gasteiger partial charge >= 0.3 is 0 Å². The number of ether oxygens (including phenoxy) is 1. The number of rotatable bonds is 2. The summed E-state index contributed by atoms with van der Waals surface area (Å²) in [6, 6.07) is 6.91. The molecule has 2 N–H and O–H groups in total. The van der Waals surface area contributed by atoms with Gasteiger partial charge in [-0.3, -0.25) is 0 Å². The normalized spacial score (nSPS) is 10.8. The van der Waals surface area contributed by atoms with E-state index in [1.807, 2.05) is 6.07 Å². The van der Waals surface area contributed by atoms with Gasteiger partial charge in [-0.1, -0.05) is 11.6 Å². The van der Waals surface area contributed by atoms with E-state index in [0.717, 1.165) is 0 Å². The highest BCUT2D eigenvalue weighted by Crippen LogP contribution is 2.26. The molecule has 0 amide bonds. The van der Waals surface area contributed by atoms with Crippen LogP contribution in [0, 0.1) is 11.3 Å². The fourth-order valence-electron chi connectivity index (χ4n) is 1.05. The molecule has 14 heavy (non-hydrogen) atoms. The van der Waals surface area contributed by atoms with Crippen LogP contribution in [-0.4, -0.2) is 7.11 Å². The van der Waals surface area contributed by atoms with Crippen LogP contribution in [0.5, 0.6) is 5.75 Å². The van der Waals surface area contributed by atoms with E-state index in [1.54, 1.807) is 18.2 Å². The number of methoxy groups -OCH3 is 1. The first-order valence-corrected chi connectivity index (χ1v) is 4.26. The van der Waals surface area contributed by atoms with Crippen molar-refractivity contribution in [2.45, 2.75) is 0 Å². The average Bonchev–Trinajstić information content (AvgIpc) is 2.18. The van der Waals surface area contributed by atoms with Gasteiger partial charge in [0, 0.05) is 16.7 Å². The van der Waals surface area contributed by atoms with Crippen LogP contribution in [0.1, 0.15) is 5.56 Å². The number of hydrogen-bond acceptors (Lipinski definition) is 3. The molecule has 1 rings (SSSR count). The van der Waals surface area contributed by atoms with Gasteiger partial charge in [0.2, 0.25) is 0 Å². The van der Waals surface area contributed by atoms with Crippen molar-refractivity contribution in [2.24, 2.45) is 5.73 Å². The van der Waals surface area contributed by atoms with E-state index in [-0.39, 0.29) is 0 Å². The summed E-state index contributed by atoms with van der Waals surface area (Å²) in [5.41, 5.74) is 6.62. The molecule has 0 unspecified atom stereocenters. The third-order valence-corrected chi connectivity index (χ3v) is 1.93. The predicted molar refractivity (Wildman–Crippen MR) is 55.8 cm³/mol. The maximum Gasteiger partial charge on any atom is 0.128 e. The van der Waals surface area contributed by atoms with Crippen LogP contribution in [-0.2, 0) is 0 Å². The Morgan fingerprint density at radius 3 is 2.93 bits per heavy atom. The Morgan fingerprint density at radius 2 is 2.36 bits per heavy atom. The van der Waals surface area contributed by atoms with Gasteiger partial charge in [0.15, 0.2) is 0 Å². The summed E-state index contributed by atoms with van der Waals surface area (Å²) in [7, 11) is 1.53. The van der Waals surface area contributed by atoms with Crippen molar-refractivity contribution >= 4 is 17.3 Å². The minimum Gasteiger partial charge on any atom is -0.496 e. The largest absolute Gasteiger partial charge is 0.496 e. The van der Waals surface area contributed by atoms with Gasteiger partial charge in [0.1, 0.15) is 5.75 Å². The first-order valence-electron chi connectivity index (χ1n) is 3.88. The molecule has 0 radical (unpaired) electrons. The van der Waals surface area contributed by atoms with E-state index in [1.165, 1.54) is 13.2 Å². The van der Waals surface area contributed by atoms with Crippen LogP contribution in [0.15, 0.2) is 24.3 Å². The Morgan fingerprint density at radius 1 is 1.64 bits per heavy atom. The monoisotopic (exact) mass is 208 g/mol. The third kappa shape index (κ3) is 2.18. The zero-order valence-electron chi connectivity index (χ0n) is 7.62. The van der Waals surface area contributed by atoms with Crippen molar-refractivity contribution in [3.63, 3.8) is 0 Å². The molecule has 0 aliphatic carbocycles. The first-order chi connectivity index (χ1) is 6.69. The molecule has 0 saturated heterocycles. The van der Waals surface area contributed by atoms with Gasteiger partial charge in [-0.15, -0.1) is 0 Å². The van der Waals surface area contributed by atoms with Crippen LogP contribution in [0.25, 0.3) is 5.70 Å². The molecular weight excluding hydrogens is 200 g/mol. The van der Waals surface area contributed by atoms with Crippen LogP contribution < -0.4 is 10.5 Å². The summed E-state index contributed by atoms with van der Waals surface area (Å²) >= 11 is 5.80. The third-order valence-electron chi connectivity index (χ3n) is 1.69. The van der Waals surface area contributed by atoms with E-state index >= 15 is 0 Å². The number of nitriles is 1. The summed E-state index contributed by atoms with van der Waals surface area (Å²) in [5.74, 6) is 0.596. The first kappa shape index (κ1) is 10.4. The number of benzene rings is 1. The summed E-state index contributed by atoms with van der Waals surface area (Å²) in [5, 5.41) is 9.00. The highest BCUT2D eigenvalue weighted by Gasteiger charge is 2.05. The molecule has 0 saturated carbocycles. The Kier molecular flexibility index (Phi) is 3.38. The lowest BCUT2D eigenvalue weighted by Crippen LogP contribution is -1.99. The second-order valence-corrected chi connectivity index (χ2v) is 3.01. The fraction of sp³-hybridized carbons (Fsp3) is 0.100. The van der Waals surface area contributed by atoms with E-state index in [4.69, 9.17) is 27.3 Å². The Balaban J connectivity index is 3.25. The molecule has 0 aromatic heterocycles. The maximum atomic E-state index is 8.45. The van der Waals surface area contributed by atoms with E-state index in [9.17, 15) is 0 Å². The zero-order chi connectivity index (χ0) is 10.6. The lowest BCUT2D eigenvalue weighted by atomic mass is 10.1. The van der Waals surface area contributed by atoms with Gasteiger partial charge in [0.25, 0.3) is 0 Å². The second kappa shape index (κ2) is 4.54. The van der Waals surface area contributed by atoms with Gasteiger partial charge in [-0.2, -0.15) is 5.26 Å². The minimum atomic E-state index is 0.340. The van der Waals surface area contributed by atoms with Gasteiger partial charge < -0.3 is 10.5 Å². The number of halogens is 1. The Hall–Kier alpha value is -1.66. The number of allylic oxidation sites excluding steroid dienone is 1. The number of nitrogens with two attached hydrogens (primary N) is 1. The standard InChI is InChI=1S/C10H9ClN2O/c1-14-10-3-2-7(11)6-8(10)9(13)4-5-12/h2-4,6H,13H2,1H3/b9-4-. The predicted octanol–water partition coefficient (Wildman–Crippen LogP) is 2.17. The van der Waals surface area contributed by atoms with Gasteiger partial charge in [-0.25, -0.2) is 0 Å². The fourth-order valence-corrected chi connectivity index (χ4v) is 1.23. The lowest BCUT2D eigenvalue weighted by Gasteiger charge is -2.07. The Labute approximate surface area is 87.4 Å². The molecule has 72 valence electrons. The SMILES string of the molecule is COc1ccc(Cl)cc1/C(N)=C/C#N. The Bertz CT molecular complexity index is 407. The summed E-state index contributed by atoms with van der Waals surface area (Å²) < 4.78 is 5.08. The summed E-state index contributed by atoms with van der Waals surface area (Å²) in [6.07, 6.45) is 1.24. The van der Waals surface area contributed by atoms with E-state index in [2.05, 4.69) is 0 Å². The second-order valence-electron chi connectivity index (χ2n) is 2.57. The molecule has 0 aliphatic rings. The van der Waals surface area contributed by atoms with Crippen molar-refractivity contribution in [3.05, 3.63) is 34.9 Å². The molecule has 4 heteroatoms. The number of hydrogen-bond donors (Lipinski definition) is 1. The maximum absolute atomic E-state index is 8.45. The smallest absolute Gasteiger partial charge is 0.128 e. The molecule has 0 spiro atoms. The molecule has 3 nitrogen and oxygen atoms in total. The molecule has 0 fully saturated rings. The van der Waals surface area contributed by atoms with Crippen LogP contribution in [0.3, 0.4) is 0 Å². The van der Waals surface area contributed by atoms with Crippen molar-refractivity contribution in [1.29, 1.82) is 5.26 Å². The van der Waals surface area contributed by atoms with Crippen molar-refractivity contribution in [1.82, 2.24) is 0 Å². The molecular formula is C10H9ClN2O. The molecule has 1 aromatic carbocycles. The lowest BCUT2D eigenvalue weighted by molar-refractivity contribution is 0.413.